The van der Waals surface area contributed by atoms with Crippen LogP contribution in [-0.2, 0) is 6.54 Å². The number of hydrogen-bond donors (Lipinski definition) is 2. The van der Waals surface area contributed by atoms with E-state index in [0.717, 1.165) is 41.8 Å². The van der Waals surface area contributed by atoms with Crippen molar-refractivity contribution in [3.05, 3.63) is 28.2 Å². The molecule has 1 heterocycles. The number of hydrogen-bond acceptors (Lipinski definition) is 3. The van der Waals surface area contributed by atoms with Gasteiger partial charge in [-0.15, -0.1) is 0 Å². The smallest absolute Gasteiger partial charge is 0.0552 e. The molecule has 3 N–H and O–H groups in total. The quantitative estimate of drug-likeness (QED) is 0.842. The molecular formula is C13H19BrN2O. The number of benzene rings is 1. The first kappa shape index (κ1) is 12.9. The SMILES string of the molecule is CC(O)C1CCN(Cc2c(N)cccc2Br)C1. The zero-order chi connectivity index (χ0) is 12.4. The maximum atomic E-state index is 9.58. The summed E-state index contributed by atoms with van der Waals surface area (Å²) >= 11 is 3.54. The molecule has 0 saturated carbocycles. The molecule has 17 heavy (non-hydrogen) atoms. The maximum Gasteiger partial charge on any atom is 0.0552 e. The first-order valence-electron chi connectivity index (χ1n) is 6.01. The lowest BCUT2D eigenvalue weighted by atomic mass is 10.0. The second-order valence-corrected chi connectivity index (χ2v) is 5.69. The molecule has 0 aromatic heterocycles. The third-order valence-corrected chi connectivity index (χ3v) is 4.27. The van der Waals surface area contributed by atoms with Crippen molar-refractivity contribution in [2.24, 2.45) is 5.92 Å². The number of likely N-dealkylation sites (tertiary alicyclic amines) is 1. The predicted molar refractivity (Wildman–Crippen MR) is 73.6 cm³/mol. The minimum atomic E-state index is -0.212. The Bertz CT molecular complexity index is 375. The van der Waals surface area contributed by atoms with Crippen molar-refractivity contribution in [3.63, 3.8) is 0 Å². The molecule has 3 nitrogen and oxygen atoms in total. The molecule has 0 aliphatic carbocycles. The van der Waals surface area contributed by atoms with Crippen molar-refractivity contribution in [2.75, 3.05) is 18.8 Å². The number of aliphatic hydroxyl groups is 1. The van der Waals surface area contributed by atoms with Gasteiger partial charge in [0, 0.05) is 28.8 Å². The number of nitrogen functional groups attached to an aromatic ring is 1. The zero-order valence-corrected chi connectivity index (χ0v) is 11.7. The fraction of sp³-hybridized carbons (Fsp3) is 0.538. The van der Waals surface area contributed by atoms with Gasteiger partial charge >= 0.3 is 0 Å². The molecular weight excluding hydrogens is 280 g/mol. The third-order valence-electron chi connectivity index (χ3n) is 3.53. The van der Waals surface area contributed by atoms with Gasteiger partial charge in [-0.05, 0) is 37.9 Å². The molecule has 1 fully saturated rings. The third kappa shape index (κ3) is 3.00. The second kappa shape index (κ2) is 5.38. The molecule has 0 radical (unpaired) electrons. The molecule has 4 heteroatoms. The van der Waals surface area contributed by atoms with E-state index >= 15 is 0 Å². The highest BCUT2D eigenvalue weighted by molar-refractivity contribution is 9.10. The Hall–Kier alpha value is -0.580. The van der Waals surface area contributed by atoms with Crippen LogP contribution in [0.2, 0.25) is 0 Å². The van der Waals surface area contributed by atoms with E-state index in [2.05, 4.69) is 20.8 Å². The highest BCUT2D eigenvalue weighted by Gasteiger charge is 2.26. The van der Waals surface area contributed by atoms with E-state index in [1.54, 1.807) is 0 Å². The van der Waals surface area contributed by atoms with Gasteiger partial charge in [-0.2, -0.15) is 0 Å². The topological polar surface area (TPSA) is 49.5 Å². The van der Waals surface area contributed by atoms with Crippen LogP contribution < -0.4 is 5.73 Å². The van der Waals surface area contributed by atoms with E-state index in [0.29, 0.717) is 5.92 Å². The van der Waals surface area contributed by atoms with Crippen LogP contribution in [0.25, 0.3) is 0 Å². The Balaban J connectivity index is 2.03. The number of anilines is 1. The lowest BCUT2D eigenvalue weighted by Crippen LogP contribution is -2.24. The number of aliphatic hydroxyl groups excluding tert-OH is 1. The van der Waals surface area contributed by atoms with Crippen molar-refractivity contribution in [2.45, 2.75) is 26.0 Å². The largest absolute Gasteiger partial charge is 0.398 e. The minimum Gasteiger partial charge on any atom is -0.398 e. The fourth-order valence-electron chi connectivity index (χ4n) is 2.37. The molecule has 1 aliphatic heterocycles. The van der Waals surface area contributed by atoms with E-state index < -0.39 is 0 Å². The molecule has 2 unspecified atom stereocenters. The summed E-state index contributed by atoms with van der Waals surface area (Å²) < 4.78 is 1.07. The summed E-state index contributed by atoms with van der Waals surface area (Å²) in [6.07, 6.45) is 0.860. The Kier molecular flexibility index (Phi) is 4.07. The molecule has 1 saturated heterocycles. The molecule has 1 aromatic rings. The fourth-order valence-corrected chi connectivity index (χ4v) is 2.87. The van der Waals surface area contributed by atoms with Gasteiger partial charge in [0.2, 0.25) is 0 Å². The Morgan fingerprint density at radius 3 is 2.94 bits per heavy atom. The lowest BCUT2D eigenvalue weighted by Gasteiger charge is -2.19. The number of rotatable bonds is 3. The molecule has 1 aromatic carbocycles. The summed E-state index contributed by atoms with van der Waals surface area (Å²) in [4.78, 5) is 2.36. The van der Waals surface area contributed by atoms with E-state index in [1.807, 2.05) is 25.1 Å². The zero-order valence-electron chi connectivity index (χ0n) is 10.1. The van der Waals surface area contributed by atoms with Gasteiger partial charge in [-0.25, -0.2) is 0 Å². The standard InChI is InChI=1S/C13H19BrN2O/c1-9(17)10-5-6-16(7-10)8-11-12(14)3-2-4-13(11)15/h2-4,9-10,17H,5-8,15H2,1H3. The van der Waals surface area contributed by atoms with Crippen LogP contribution in [0.5, 0.6) is 0 Å². The summed E-state index contributed by atoms with van der Waals surface area (Å²) in [5.74, 6) is 0.402. The van der Waals surface area contributed by atoms with Gasteiger partial charge in [-0.1, -0.05) is 22.0 Å². The van der Waals surface area contributed by atoms with Crippen LogP contribution in [-0.4, -0.2) is 29.2 Å². The van der Waals surface area contributed by atoms with Gasteiger partial charge in [0.25, 0.3) is 0 Å². The van der Waals surface area contributed by atoms with Crippen LogP contribution in [0.15, 0.2) is 22.7 Å². The van der Waals surface area contributed by atoms with Crippen molar-refractivity contribution in [1.82, 2.24) is 4.90 Å². The van der Waals surface area contributed by atoms with Crippen LogP contribution in [0, 0.1) is 5.92 Å². The first-order chi connectivity index (χ1) is 8.08. The van der Waals surface area contributed by atoms with Gasteiger partial charge in [-0.3, -0.25) is 4.90 Å². The van der Waals surface area contributed by atoms with E-state index in [1.165, 1.54) is 0 Å². The minimum absolute atomic E-state index is 0.212. The number of halogens is 1. The second-order valence-electron chi connectivity index (χ2n) is 4.83. The predicted octanol–water partition coefficient (Wildman–Crippen LogP) is 2.23. The molecule has 1 aliphatic rings. The lowest BCUT2D eigenvalue weighted by molar-refractivity contribution is 0.127. The Morgan fingerprint density at radius 1 is 1.59 bits per heavy atom. The molecule has 0 spiro atoms. The number of nitrogens with two attached hydrogens (primary N) is 1. The van der Waals surface area contributed by atoms with E-state index in [4.69, 9.17) is 5.73 Å². The van der Waals surface area contributed by atoms with Gasteiger partial charge in [0.15, 0.2) is 0 Å². The van der Waals surface area contributed by atoms with Crippen molar-refractivity contribution in [3.8, 4) is 0 Å². The average molecular weight is 299 g/mol. The molecule has 0 bridgehead atoms. The molecule has 2 rings (SSSR count). The van der Waals surface area contributed by atoms with Crippen LogP contribution in [0.4, 0.5) is 5.69 Å². The summed E-state index contributed by atoms with van der Waals surface area (Å²) in [6, 6.07) is 5.90. The van der Waals surface area contributed by atoms with Crippen molar-refractivity contribution < 1.29 is 5.11 Å². The summed E-state index contributed by atoms with van der Waals surface area (Å²) in [6.45, 7) is 4.73. The summed E-state index contributed by atoms with van der Waals surface area (Å²) in [5.41, 5.74) is 7.97. The van der Waals surface area contributed by atoms with Gasteiger partial charge < -0.3 is 10.8 Å². The van der Waals surface area contributed by atoms with E-state index in [9.17, 15) is 5.11 Å². The maximum absolute atomic E-state index is 9.58. The normalized spacial score (nSPS) is 22.9. The number of nitrogens with zero attached hydrogens (tertiary/aromatic N) is 1. The van der Waals surface area contributed by atoms with Gasteiger partial charge in [0.1, 0.15) is 0 Å². The highest BCUT2D eigenvalue weighted by Crippen LogP contribution is 2.27. The Labute approximate surface area is 111 Å². The van der Waals surface area contributed by atoms with Gasteiger partial charge in [0.05, 0.1) is 6.10 Å². The van der Waals surface area contributed by atoms with Crippen LogP contribution in [0.3, 0.4) is 0 Å². The van der Waals surface area contributed by atoms with Crippen LogP contribution in [0.1, 0.15) is 18.9 Å². The van der Waals surface area contributed by atoms with Crippen molar-refractivity contribution in [1.29, 1.82) is 0 Å². The average Bonchev–Trinajstić information content (AvgIpc) is 2.72. The summed E-state index contributed by atoms with van der Waals surface area (Å²) in [5, 5.41) is 9.58. The Morgan fingerprint density at radius 2 is 2.35 bits per heavy atom. The molecule has 94 valence electrons. The monoisotopic (exact) mass is 298 g/mol. The van der Waals surface area contributed by atoms with Crippen LogP contribution >= 0.6 is 15.9 Å². The molecule has 2 atom stereocenters. The first-order valence-corrected chi connectivity index (χ1v) is 6.80. The highest BCUT2D eigenvalue weighted by atomic mass is 79.9. The summed E-state index contributed by atoms with van der Waals surface area (Å²) in [7, 11) is 0. The van der Waals surface area contributed by atoms with E-state index in [-0.39, 0.29) is 6.10 Å². The molecule has 0 amide bonds. The van der Waals surface area contributed by atoms with Crippen molar-refractivity contribution >= 4 is 21.6 Å².